The Hall–Kier alpha value is -0.290. The molecule has 0 aliphatic carbocycles. The first-order valence-corrected chi connectivity index (χ1v) is 6.79. The summed E-state index contributed by atoms with van der Waals surface area (Å²) in [7, 11) is 0. The van der Waals surface area contributed by atoms with Crippen molar-refractivity contribution in [1.82, 2.24) is 10.2 Å². The molecule has 2 rings (SSSR count). The minimum atomic E-state index is 0.762. The van der Waals surface area contributed by atoms with Crippen molar-refractivity contribution in [2.75, 3.05) is 26.2 Å². The van der Waals surface area contributed by atoms with Crippen LogP contribution >= 0.6 is 35.6 Å². The van der Waals surface area contributed by atoms with E-state index in [2.05, 4.69) is 10.2 Å². The number of hydrogen-bond donors (Lipinski definition) is 1. The molecule has 2 nitrogen and oxygen atoms in total. The number of thioether (sulfide) groups is 1. The number of thiocarbonyl (C=S) groups is 1. The molecule has 0 bridgehead atoms. The standard InChI is InChI=1S/C11H13ClN2S2/c12-9-1-3-10(4-2-9)16-11(15)14-7-5-13-6-8-14/h1-4,13H,5-8H2. The van der Waals surface area contributed by atoms with Crippen LogP contribution < -0.4 is 5.32 Å². The Morgan fingerprint density at radius 1 is 1.25 bits per heavy atom. The van der Waals surface area contributed by atoms with Gasteiger partial charge in [0.25, 0.3) is 0 Å². The van der Waals surface area contributed by atoms with Gasteiger partial charge < -0.3 is 10.2 Å². The van der Waals surface area contributed by atoms with Crippen molar-refractivity contribution < 1.29 is 0 Å². The molecule has 1 heterocycles. The zero-order valence-corrected chi connectivity index (χ0v) is 11.2. The first-order valence-electron chi connectivity index (χ1n) is 5.19. The van der Waals surface area contributed by atoms with E-state index in [0.717, 1.165) is 40.4 Å². The summed E-state index contributed by atoms with van der Waals surface area (Å²) in [4.78, 5) is 3.39. The van der Waals surface area contributed by atoms with E-state index in [9.17, 15) is 0 Å². The van der Waals surface area contributed by atoms with Gasteiger partial charge in [-0.2, -0.15) is 0 Å². The van der Waals surface area contributed by atoms with Gasteiger partial charge in [0.1, 0.15) is 4.32 Å². The van der Waals surface area contributed by atoms with Crippen LogP contribution in [-0.4, -0.2) is 35.4 Å². The van der Waals surface area contributed by atoms with E-state index < -0.39 is 0 Å². The molecule has 1 aliphatic heterocycles. The zero-order chi connectivity index (χ0) is 11.4. The zero-order valence-electron chi connectivity index (χ0n) is 8.78. The van der Waals surface area contributed by atoms with Crippen LogP contribution in [0.1, 0.15) is 0 Å². The molecular weight excluding hydrogens is 260 g/mol. The minimum Gasteiger partial charge on any atom is -0.355 e. The average molecular weight is 273 g/mol. The van der Waals surface area contributed by atoms with Crippen LogP contribution in [0.15, 0.2) is 29.2 Å². The molecule has 1 N–H and O–H groups in total. The van der Waals surface area contributed by atoms with Gasteiger partial charge in [-0.3, -0.25) is 0 Å². The normalized spacial score (nSPS) is 16.2. The Balaban J connectivity index is 1.93. The Morgan fingerprint density at radius 3 is 2.50 bits per heavy atom. The fourth-order valence-electron chi connectivity index (χ4n) is 1.52. The SMILES string of the molecule is S=C(Sc1ccc(Cl)cc1)N1CCNCC1. The predicted octanol–water partition coefficient (Wildman–Crippen LogP) is 2.62. The summed E-state index contributed by atoms with van der Waals surface area (Å²) < 4.78 is 0.948. The maximum Gasteiger partial charge on any atom is 0.141 e. The molecule has 1 fully saturated rings. The third-order valence-corrected chi connectivity index (χ3v) is 4.09. The molecule has 0 radical (unpaired) electrons. The first kappa shape index (κ1) is 12.2. The van der Waals surface area contributed by atoms with Crippen molar-refractivity contribution in [3.8, 4) is 0 Å². The van der Waals surface area contributed by atoms with Gasteiger partial charge in [0.15, 0.2) is 0 Å². The molecule has 0 unspecified atom stereocenters. The molecule has 1 aromatic carbocycles. The lowest BCUT2D eigenvalue weighted by Gasteiger charge is -2.29. The van der Waals surface area contributed by atoms with E-state index in [0.29, 0.717) is 0 Å². The van der Waals surface area contributed by atoms with Crippen LogP contribution in [-0.2, 0) is 0 Å². The molecule has 0 spiro atoms. The summed E-state index contributed by atoms with van der Waals surface area (Å²) in [6, 6.07) is 7.79. The van der Waals surface area contributed by atoms with E-state index in [4.69, 9.17) is 23.8 Å². The number of piperazine rings is 1. The molecule has 16 heavy (non-hydrogen) atoms. The van der Waals surface area contributed by atoms with Gasteiger partial charge in [-0.15, -0.1) is 0 Å². The van der Waals surface area contributed by atoms with Crippen molar-refractivity contribution >= 4 is 39.9 Å². The Labute approximate surface area is 110 Å². The fraction of sp³-hybridized carbons (Fsp3) is 0.364. The van der Waals surface area contributed by atoms with E-state index >= 15 is 0 Å². The largest absolute Gasteiger partial charge is 0.355 e. The molecule has 0 saturated carbocycles. The van der Waals surface area contributed by atoms with Gasteiger partial charge in [0, 0.05) is 36.1 Å². The maximum atomic E-state index is 5.84. The lowest BCUT2D eigenvalue weighted by Crippen LogP contribution is -2.44. The summed E-state index contributed by atoms with van der Waals surface area (Å²) in [5.74, 6) is 0. The van der Waals surface area contributed by atoms with Crippen molar-refractivity contribution in [2.24, 2.45) is 0 Å². The predicted molar refractivity (Wildman–Crippen MR) is 74.3 cm³/mol. The number of nitrogens with zero attached hydrogens (tertiary/aromatic N) is 1. The van der Waals surface area contributed by atoms with Crippen LogP contribution in [0.2, 0.25) is 5.02 Å². The molecule has 0 amide bonds. The second-order valence-corrected chi connectivity index (χ2v) is 5.70. The quantitative estimate of drug-likeness (QED) is 0.624. The summed E-state index contributed by atoms with van der Waals surface area (Å²) in [6.07, 6.45) is 0. The summed E-state index contributed by atoms with van der Waals surface area (Å²) in [5, 5.41) is 4.07. The van der Waals surface area contributed by atoms with Crippen LogP contribution in [0.5, 0.6) is 0 Å². The molecule has 1 aromatic rings. The van der Waals surface area contributed by atoms with E-state index in [1.165, 1.54) is 0 Å². The third kappa shape index (κ3) is 3.35. The molecule has 1 aliphatic rings. The van der Waals surface area contributed by atoms with Crippen molar-refractivity contribution in [3.05, 3.63) is 29.3 Å². The topological polar surface area (TPSA) is 15.3 Å². The van der Waals surface area contributed by atoms with Crippen molar-refractivity contribution in [2.45, 2.75) is 4.90 Å². The second kappa shape index (κ2) is 5.87. The third-order valence-electron chi connectivity index (χ3n) is 2.39. The molecule has 5 heteroatoms. The minimum absolute atomic E-state index is 0.762. The number of halogens is 1. The molecular formula is C11H13ClN2S2. The summed E-state index contributed by atoms with van der Waals surface area (Å²) in [6.45, 7) is 4.03. The second-order valence-electron chi connectivity index (χ2n) is 3.56. The number of hydrogen-bond acceptors (Lipinski definition) is 3. The van der Waals surface area contributed by atoms with Crippen LogP contribution in [0.3, 0.4) is 0 Å². The van der Waals surface area contributed by atoms with Gasteiger partial charge in [0.05, 0.1) is 0 Å². The Kier molecular flexibility index (Phi) is 4.46. The highest BCUT2D eigenvalue weighted by Gasteiger charge is 2.13. The number of rotatable bonds is 1. The molecule has 86 valence electrons. The molecule has 0 atom stereocenters. The van der Waals surface area contributed by atoms with E-state index in [-0.39, 0.29) is 0 Å². The Bertz CT molecular complexity index is 361. The van der Waals surface area contributed by atoms with Crippen LogP contribution in [0.25, 0.3) is 0 Å². The number of nitrogens with one attached hydrogen (secondary N) is 1. The highest BCUT2D eigenvalue weighted by molar-refractivity contribution is 8.22. The van der Waals surface area contributed by atoms with Gasteiger partial charge in [-0.1, -0.05) is 35.6 Å². The molecule has 1 saturated heterocycles. The maximum absolute atomic E-state index is 5.84. The number of benzene rings is 1. The van der Waals surface area contributed by atoms with Gasteiger partial charge in [0.2, 0.25) is 0 Å². The summed E-state index contributed by atoms with van der Waals surface area (Å²) >= 11 is 12.9. The molecule has 0 aromatic heterocycles. The lowest BCUT2D eigenvalue weighted by molar-refractivity contribution is 0.368. The highest BCUT2D eigenvalue weighted by atomic mass is 35.5. The highest BCUT2D eigenvalue weighted by Crippen LogP contribution is 2.23. The van der Waals surface area contributed by atoms with Gasteiger partial charge in [-0.05, 0) is 24.3 Å². The van der Waals surface area contributed by atoms with Crippen LogP contribution in [0, 0.1) is 0 Å². The lowest BCUT2D eigenvalue weighted by atomic mass is 10.4. The average Bonchev–Trinajstić information content (AvgIpc) is 2.33. The van der Waals surface area contributed by atoms with E-state index in [1.807, 2.05) is 24.3 Å². The van der Waals surface area contributed by atoms with Gasteiger partial charge >= 0.3 is 0 Å². The van der Waals surface area contributed by atoms with E-state index in [1.54, 1.807) is 11.8 Å². The van der Waals surface area contributed by atoms with Crippen molar-refractivity contribution in [1.29, 1.82) is 0 Å². The summed E-state index contributed by atoms with van der Waals surface area (Å²) in [5.41, 5.74) is 0. The first-order chi connectivity index (χ1) is 7.75. The van der Waals surface area contributed by atoms with Crippen LogP contribution in [0.4, 0.5) is 0 Å². The Morgan fingerprint density at radius 2 is 1.88 bits per heavy atom. The van der Waals surface area contributed by atoms with Gasteiger partial charge in [-0.25, -0.2) is 0 Å². The smallest absolute Gasteiger partial charge is 0.141 e. The fourth-order valence-corrected chi connectivity index (χ4v) is 2.90. The van der Waals surface area contributed by atoms with Crippen molar-refractivity contribution in [3.63, 3.8) is 0 Å². The monoisotopic (exact) mass is 272 g/mol.